The molecule has 2 aromatic rings. The number of carbonyl (C=O) groups is 1. The molecule has 1 heterocycles. The van der Waals surface area contributed by atoms with Crippen LogP contribution in [0.2, 0.25) is 0 Å². The largest absolute Gasteiger partial charge is 0.482 e. The summed E-state index contributed by atoms with van der Waals surface area (Å²) in [6.07, 6.45) is -0.959. The van der Waals surface area contributed by atoms with Gasteiger partial charge < -0.3 is 14.8 Å². The number of ether oxygens (including phenoxy) is 2. The number of carbonyl (C=O) groups excluding carboxylic acids is 1. The van der Waals surface area contributed by atoms with Crippen LogP contribution in [0.25, 0.3) is 0 Å². The molecule has 0 aliphatic carbocycles. The third-order valence-electron chi connectivity index (χ3n) is 3.41. The third kappa shape index (κ3) is 2.99. The molecule has 0 spiro atoms. The molecule has 108 valence electrons. The Hall–Kier alpha value is -2.49. The van der Waals surface area contributed by atoms with Crippen LogP contribution < -0.4 is 14.8 Å². The van der Waals surface area contributed by atoms with Crippen molar-refractivity contribution in [2.45, 2.75) is 25.7 Å². The number of hydrogen-bond acceptors (Lipinski definition) is 3. The Morgan fingerprint density at radius 3 is 2.33 bits per heavy atom. The molecule has 0 bridgehead atoms. The quantitative estimate of drug-likeness (QED) is 0.941. The first-order valence-corrected chi connectivity index (χ1v) is 6.98. The summed E-state index contributed by atoms with van der Waals surface area (Å²) in [6, 6.07) is 17.2. The number of amides is 1. The first-order valence-electron chi connectivity index (χ1n) is 6.98. The minimum absolute atomic E-state index is 0.166. The van der Waals surface area contributed by atoms with Gasteiger partial charge >= 0.3 is 0 Å². The SMILES string of the molecule is C[C@@H]1Oc2ccccc2O[C@@H]1C(=O)NCc1ccccc1. The van der Waals surface area contributed by atoms with E-state index in [9.17, 15) is 4.79 Å². The van der Waals surface area contributed by atoms with Crippen molar-refractivity contribution in [1.29, 1.82) is 0 Å². The lowest BCUT2D eigenvalue weighted by atomic mass is 10.1. The molecule has 0 saturated heterocycles. The summed E-state index contributed by atoms with van der Waals surface area (Å²) in [5.41, 5.74) is 1.05. The second-order valence-electron chi connectivity index (χ2n) is 5.01. The van der Waals surface area contributed by atoms with Crippen LogP contribution in [0, 0.1) is 0 Å². The number of nitrogens with one attached hydrogen (secondary N) is 1. The molecule has 0 radical (unpaired) electrons. The maximum absolute atomic E-state index is 12.3. The summed E-state index contributed by atoms with van der Waals surface area (Å²) in [6.45, 7) is 2.32. The van der Waals surface area contributed by atoms with Crippen molar-refractivity contribution in [2.75, 3.05) is 0 Å². The molecule has 2 aromatic carbocycles. The molecule has 0 saturated carbocycles. The molecular formula is C17H17NO3. The van der Waals surface area contributed by atoms with Crippen molar-refractivity contribution in [3.8, 4) is 11.5 Å². The smallest absolute Gasteiger partial charge is 0.265 e. The zero-order valence-electron chi connectivity index (χ0n) is 11.8. The first kappa shape index (κ1) is 13.5. The summed E-state index contributed by atoms with van der Waals surface area (Å²) >= 11 is 0. The Labute approximate surface area is 123 Å². The van der Waals surface area contributed by atoms with E-state index >= 15 is 0 Å². The Bertz CT molecular complexity index is 627. The molecule has 0 aromatic heterocycles. The fourth-order valence-corrected chi connectivity index (χ4v) is 2.29. The Balaban J connectivity index is 1.65. The maximum Gasteiger partial charge on any atom is 0.265 e. The molecule has 4 heteroatoms. The second-order valence-corrected chi connectivity index (χ2v) is 5.01. The second kappa shape index (κ2) is 5.87. The van der Waals surface area contributed by atoms with Gasteiger partial charge in [0.2, 0.25) is 6.10 Å². The van der Waals surface area contributed by atoms with Gasteiger partial charge in [0.05, 0.1) is 0 Å². The van der Waals surface area contributed by atoms with Gasteiger partial charge in [-0.25, -0.2) is 0 Å². The Morgan fingerprint density at radius 1 is 1.00 bits per heavy atom. The van der Waals surface area contributed by atoms with Crippen molar-refractivity contribution in [2.24, 2.45) is 0 Å². The highest BCUT2D eigenvalue weighted by atomic mass is 16.6. The first-order chi connectivity index (χ1) is 10.2. The molecule has 0 unspecified atom stereocenters. The van der Waals surface area contributed by atoms with Gasteiger partial charge in [0.25, 0.3) is 5.91 Å². The van der Waals surface area contributed by atoms with E-state index in [1.807, 2.05) is 55.5 Å². The van der Waals surface area contributed by atoms with Gasteiger partial charge in [-0.15, -0.1) is 0 Å². The van der Waals surface area contributed by atoms with Crippen molar-refractivity contribution < 1.29 is 14.3 Å². The van der Waals surface area contributed by atoms with E-state index in [4.69, 9.17) is 9.47 Å². The van der Waals surface area contributed by atoms with Gasteiger partial charge in [0.1, 0.15) is 6.10 Å². The minimum Gasteiger partial charge on any atom is -0.482 e. The summed E-state index contributed by atoms with van der Waals surface area (Å²) in [4.78, 5) is 12.3. The van der Waals surface area contributed by atoms with Crippen molar-refractivity contribution in [1.82, 2.24) is 5.32 Å². The Kier molecular flexibility index (Phi) is 3.77. The standard InChI is InChI=1S/C17H17NO3/c1-12-16(21-15-10-6-5-9-14(15)20-12)17(19)18-11-13-7-3-2-4-8-13/h2-10,12,16H,11H2,1H3,(H,18,19)/t12-,16-/m0/s1. The van der Waals surface area contributed by atoms with Crippen LogP contribution in [0.3, 0.4) is 0 Å². The maximum atomic E-state index is 12.3. The van der Waals surface area contributed by atoms with E-state index in [-0.39, 0.29) is 12.0 Å². The van der Waals surface area contributed by atoms with Crippen molar-refractivity contribution in [3.63, 3.8) is 0 Å². The minimum atomic E-state index is -0.636. The van der Waals surface area contributed by atoms with Gasteiger partial charge in [0, 0.05) is 6.54 Å². The normalized spacial score (nSPS) is 19.9. The fourth-order valence-electron chi connectivity index (χ4n) is 2.29. The number of rotatable bonds is 3. The average molecular weight is 283 g/mol. The highest BCUT2D eigenvalue weighted by molar-refractivity contribution is 5.82. The van der Waals surface area contributed by atoms with Gasteiger partial charge in [-0.05, 0) is 24.6 Å². The van der Waals surface area contributed by atoms with E-state index in [2.05, 4.69) is 5.32 Å². The van der Waals surface area contributed by atoms with Crippen LogP contribution in [0.5, 0.6) is 11.5 Å². The van der Waals surface area contributed by atoms with E-state index in [1.54, 1.807) is 6.07 Å². The fraction of sp³-hybridized carbons (Fsp3) is 0.235. The van der Waals surface area contributed by atoms with E-state index in [1.165, 1.54) is 0 Å². The predicted octanol–water partition coefficient (Wildman–Crippen LogP) is 2.53. The lowest BCUT2D eigenvalue weighted by Gasteiger charge is -2.31. The zero-order valence-corrected chi connectivity index (χ0v) is 11.8. The molecule has 3 rings (SSSR count). The molecule has 21 heavy (non-hydrogen) atoms. The highest BCUT2D eigenvalue weighted by Gasteiger charge is 2.33. The van der Waals surface area contributed by atoms with E-state index in [0.717, 1.165) is 5.56 Å². The molecule has 4 nitrogen and oxygen atoms in total. The predicted molar refractivity (Wildman–Crippen MR) is 79.2 cm³/mol. The third-order valence-corrected chi connectivity index (χ3v) is 3.41. The molecule has 1 aliphatic heterocycles. The van der Waals surface area contributed by atoms with E-state index < -0.39 is 6.10 Å². The summed E-state index contributed by atoms with van der Waals surface area (Å²) < 4.78 is 11.5. The molecule has 2 atom stereocenters. The molecular weight excluding hydrogens is 266 g/mol. The monoisotopic (exact) mass is 283 g/mol. The van der Waals surface area contributed by atoms with E-state index in [0.29, 0.717) is 18.0 Å². The van der Waals surface area contributed by atoms with Crippen LogP contribution in [-0.4, -0.2) is 18.1 Å². The van der Waals surface area contributed by atoms with Gasteiger partial charge in [-0.1, -0.05) is 42.5 Å². The summed E-state index contributed by atoms with van der Waals surface area (Å²) in [7, 11) is 0. The van der Waals surface area contributed by atoms with Crippen molar-refractivity contribution in [3.05, 3.63) is 60.2 Å². The number of benzene rings is 2. The van der Waals surface area contributed by atoms with Crippen LogP contribution in [0.4, 0.5) is 0 Å². The van der Waals surface area contributed by atoms with Gasteiger partial charge in [-0.2, -0.15) is 0 Å². The number of fused-ring (bicyclic) bond motifs is 1. The summed E-state index contributed by atoms with van der Waals surface area (Å²) in [5, 5.41) is 2.89. The molecule has 1 amide bonds. The van der Waals surface area contributed by atoms with Crippen LogP contribution in [-0.2, 0) is 11.3 Å². The topological polar surface area (TPSA) is 47.6 Å². The highest BCUT2D eigenvalue weighted by Crippen LogP contribution is 2.33. The lowest BCUT2D eigenvalue weighted by molar-refractivity contribution is -0.133. The van der Waals surface area contributed by atoms with Crippen LogP contribution >= 0.6 is 0 Å². The van der Waals surface area contributed by atoms with Crippen molar-refractivity contribution >= 4 is 5.91 Å². The lowest BCUT2D eigenvalue weighted by Crippen LogP contribution is -2.48. The zero-order chi connectivity index (χ0) is 14.7. The van der Waals surface area contributed by atoms with Crippen LogP contribution in [0.15, 0.2) is 54.6 Å². The van der Waals surface area contributed by atoms with Gasteiger partial charge in [0.15, 0.2) is 11.5 Å². The Morgan fingerprint density at radius 2 is 1.62 bits per heavy atom. The number of para-hydroxylation sites is 2. The number of hydrogen-bond donors (Lipinski definition) is 1. The molecule has 1 aliphatic rings. The molecule has 1 N–H and O–H groups in total. The average Bonchev–Trinajstić information content (AvgIpc) is 2.53. The summed E-state index contributed by atoms with van der Waals surface area (Å²) in [5.74, 6) is 1.12. The van der Waals surface area contributed by atoms with Gasteiger partial charge in [-0.3, -0.25) is 4.79 Å². The molecule has 0 fully saturated rings. The van der Waals surface area contributed by atoms with Crippen LogP contribution in [0.1, 0.15) is 12.5 Å².